The fourth-order valence-corrected chi connectivity index (χ4v) is 3.52. The summed E-state index contributed by atoms with van der Waals surface area (Å²) in [5.74, 6) is 0. The van der Waals surface area contributed by atoms with Crippen molar-refractivity contribution >= 4 is 37.2 Å². The smallest absolute Gasteiger partial charge is 0.294 e. The maximum atomic E-state index is 11.2. The second kappa shape index (κ2) is 9.44. The Labute approximate surface area is 171 Å². The lowest BCUT2D eigenvalue weighted by atomic mass is 10.1. The predicted molar refractivity (Wildman–Crippen MR) is 112 cm³/mol. The van der Waals surface area contributed by atoms with E-state index in [1.54, 1.807) is 0 Å². The van der Waals surface area contributed by atoms with Gasteiger partial charge in [0.1, 0.15) is 0 Å². The molecule has 0 aliphatic rings. The third-order valence-electron chi connectivity index (χ3n) is 4.08. The molecule has 11 heteroatoms. The molecule has 9 nitrogen and oxygen atoms in total. The SMILES string of the molecule is CCN(CCNS(C)(=O)=O)c1ccc(N=Nc2ccc(S(=O)(=O)O)cc2)c(C)c1. The van der Waals surface area contributed by atoms with E-state index < -0.39 is 20.1 Å². The van der Waals surface area contributed by atoms with E-state index in [2.05, 4.69) is 15.0 Å². The summed E-state index contributed by atoms with van der Waals surface area (Å²) in [4.78, 5) is 1.84. The van der Waals surface area contributed by atoms with Crippen LogP contribution in [0.5, 0.6) is 0 Å². The van der Waals surface area contributed by atoms with Gasteiger partial charge in [-0.05, 0) is 61.9 Å². The van der Waals surface area contributed by atoms with E-state index in [0.29, 0.717) is 31.0 Å². The van der Waals surface area contributed by atoms with Crippen LogP contribution >= 0.6 is 0 Å². The summed E-state index contributed by atoms with van der Waals surface area (Å²) in [6.45, 7) is 5.43. The number of rotatable bonds is 9. The van der Waals surface area contributed by atoms with Crippen molar-refractivity contribution in [3.05, 3.63) is 48.0 Å². The van der Waals surface area contributed by atoms with Crippen molar-refractivity contribution in [2.24, 2.45) is 10.2 Å². The highest BCUT2D eigenvalue weighted by atomic mass is 32.2. The number of sulfonamides is 1. The Morgan fingerprint density at radius 1 is 1.03 bits per heavy atom. The summed E-state index contributed by atoms with van der Waals surface area (Å²) >= 11 is 0. The molecule has 0 radical (unpaired) electrons. The van der Waals surface area contributed by atoms with Gasteiger partial charge in [-0.1, -0.05) is 0 Å². The average molecular weight is 441 g/mol. The quantitative estimate of drug-likeness (QED) is 0.455. The van der Waals surface area contributed by atoms with E-state index in [9.17, 15) is 16.8 Å². The molecule has 0 saturated carbocycles. The van der Waals surface area contributed by atoms with Gasteiger partial charge in [-0.3, -0.25) is 4.55 Å². The number of hydrogen-bond donors (Lipinski definition) is 2. The van der Waals surface area contributed by atoms with Crippen LogP contribution in [0.1, 0.15) is 12.5 Å². The molecule has 0 saturated heterocycles. The number of likely N-dealkylation sites (N-methyl/N-ethyl adjacent to an activating group) is 1. The molecule has 2 aromatic rings. The van der Waals surface area contributed by atoms with Crippen LogP contribution in [0.15, 0.2) is 57.6 Å². The van der Waals surface area contributed by atoms with Crippen molar-refractivity contribution in [2.45, 2.75) is 18.7 Å². The van der Waals surface area contributed by atoms with Gasteiger partial charge in [-0.25, -0.2) is 13.1 Å². The van der Waals surface area contributed by atoms with Crippen LogP contribution in [0.3, 0.4) is 0 Å². The van der Waals surface area contributed by atoms with Gasteiger partial charge in [-0.2, -0.15) is 18.6 Å². The zero-order chi connectivity index (χ0) is 21.7. The van der Waals surface area contributed by atoms with Crippen molar-refractivity contribution in [3.8, 4) is 0 Å². The molecular weight excluding hydrogens is 416 g/mol. The minimum Gasteiger partial charge on any atom is -0.370 e. The van der Waals surface area contributed by atoms with E-state index in [1.165, 1.54) is 24.3 Å². The van der Waals surface area contributed by atoms with Crippen LogP contribution in [-0.4, -0.2) is 47.3 Å². The van der Waals surface area contributed by atoms with Gasteiger partial charge in [0.25, 0.3) is 10.1 Å². The van der Waals surface area contributed by atoms with Crippen LogP contribution in [0.4, 0.5) is 17.1 Å². The van der Waals surface area contributed by atoms with Gasteiger partial charge in [0.15, 0.2) is 0 Å². The Balaban J connectivity index is 2.11. The number of nitrogens with one attached hydrogen (secondary N) is 1. The fourth-order valence-electron chi connectivity index (χ4n) is 2.58. The Morgan fingerprint density at radius 3 is 2.21 bits per heavy atom. The van der Waals surface area contributed by atoms with E-state index in [-0.39, 0.29) is 4.90 Å². The van der Waals surface area contributed by atoms with Crippen LogP contribution in [0.25, 0.3) is 0 Å². The van der Waals surface area contributed by atoms with E-state index in [4.69, 9.17) is 4.55 Å². The standard InChI is InChI=1S/C18H24N4O5S2/c1-4-22(12-11-19-28(3,23)24)16-7-10-18(14(2)13-16)21-20-15-5-8-17(9-6-15)29(25,26)27/h5-10,13,19H,4,11-12H2,1-3H3,(H,25,26,27). The molecule has 0 spiro atoms. The summed E-state index contributed by atoms with van der Waals surface area (Å²) in [6.07, 6.45) is 1.13. The highest BCUT2D eigenvalue weighted by Gasteiger charge is 2.09. The molecule has 0 atom stereocenters. The normalized spacial score (nSPS) is 12.4. The summed E-state index contributed by atoms with van der Waals surface area (Å²) in [5.41, 5.74) is 2.92. The molecule has 2 rings (SSSR count). The lowest BCUT2D eigenvalue weighted by Crippen LogP contribution is -2.34. The van der Waals surface area contributed by atoms with Gasteiger partial charge >= 0.3 is 0 Å². The van der Waals surface area contributed by atoms with E-state index in [1.807, 2.05) is 36.9 Å². The lowest BCUT2D eigenvalue weighted by Gasteiger charge is -2.23. The first-order valence-electron chi connectivity index (χ1n) is 8.79. The molecule has 0 bridgehead atoms. The maximum absolute atomic E-state index is 11.2. The lowest BCUT2D eigenvalue weighted by molar-refractivity contribution is 0.483. The van der Waals surface area contributed by atoms with Gasteiger partial charge in [0.05, 0.1) is 22.5 Å². The van der Waals surface area contributed by atoms with Crippen LogP contribution in [-0.2, 0) is 20.1 Å². The second-order valence-corrected chi connectivity index (χ2v) is 9.64. The second-order valence-electron chi connectivity index (χ2n) is 6.39. The Kier molecular flexibility index (Phi) is 7.47. The molecular formula is C18H24N4O5S2. The number of hydrogen-bond acceptors (Lipinski definition) is 7. The molecule has 2 aromatic carbocycles. The van der Waals surface area contributed by atoms with Gasteiger partial charge < -0.3 is 4.90 Å². The molecule has 2 N–H and O–H groups in total. The third kappa shape index (κ3) is 7.20. The van der Waals surface area contributed by atoms with Crippen LogP contribution in [0.2, 0.25) is 0 Å². The minimum atomic E-state index is -4.24. The number of benzene rings is 2. The van der Waals surface area contributed by atoms with Gasteiger partial charge in [-0.15, -0.1) is 0 Å². The number of azo groups is 1. The molecule has 0 amide bonds. The highest BCUT2D eigenvalue weighted by molar-refractivity contribution is 7.88. The van der Waals surface area contributed by atoms with Crippen molar-refractivity contribution in [1.29, 1.82) is 0 Å². The van der Waals surface area contributed by atoms with Crippen LogP contribution < -0.4 is 9.62 Å². The summed E-state index contributed by atoms with van der Waals surface area (Å²) in [6, 6.07) is 11.0. The molecule has 0 aliphatic heterocycles. The van der Waals surface area contributed by atoms with Gasteiger partial charge in [0, 0.05) is 25.3 Å². The van der Waals surface area contributed by atoms with Crippen molar-refractivity contribution in [2.75, 3.05) is 30.8 Å². The Bertz CT molecular complexity index is 1080. The molecule has 0 aromatic heterocycles. The van der Waals surface area contributed by atoms with E-state index >= 15 is 0 Å². The molecule has 29 heavy (non-hydrogen) atoms. The fraction of sp³-hybridized carbons (Fsp3) is 0.333. The first-order chi connectivity index (χ1) is 13.5. The first kappa shape index (κ1) is 22.9. The average Bonchev–Trinajstić information content (AvgIpc) is 2.63. The maximum Gasteiger partial charge on any atom is 0.294 e. The number of nitrogens with zero attached hydrogens (tertiary/aromatic N) is 3. The van der Waals surface area contributed by atoms with Crippen molar-refractivity contribution in [1.82, 2.24) is 4.72 Å². The molecule has 0 heterocycles. The monoisotopic (exact) mass is 440 g/mol. The molecule has 0 unspecified atom stereocenters. The zero-order valence-corrected chi connectivity index (χ0v) is 18.0. The minimum absolute atomic E-state index is 0.206. The summed E-state index contributed by atoms with van der Waals surface area (Å²) in [7, 11) is -7.46. The summed E-state index contributed by atoms with van der Waals surface area (Å²) in [5, 5.41) is 8.28. The van der Waals surface area contributed by atoms with Gasteiger partial charge in [0.2, 0.25) is 10.0 Å². The summed E-state index contributed by atoms with van der Waals surface area (Å²) < 4.78 is 56.0. The van der Waals surface area contributed by atoms with Crippen LogP contribution in [0, 0.1) is 6.92 Å². The van der Waals surface area contributed by atoms with Crippen molar-refractivity contribution < 1.29 is 21.4 Å². The number of aryl methyl sites for hydroxylation is 1. The number of anilines is 1. The van der Waals surface area contributed by atoms with E-state index in [0.717, 1.165) is 17.5 Å². The predicted octanol–water partition coefficient (Wildman–Crippen LogP) is 3.03. The third-order valence-corrected chi connectivity index (χ3v) is 5.68. The largest absolute Gasteiger partial charge is 0.370 e. The Hall–Kier alpha value is -2.34. The Morgan fingerprint density at radius 2 is 1.69 bits per heavy atom. The first-order valence-corrected chi connectivity index (χ1v) is 12.1. The zero-order valence-electron chi connectivity index (χ0n) is 16.4. The molecule has 158 valence electrons. The topological polar surface area (TPSA) is 128 Å². The van der Waals surface area contributed by atoms with Crippen molar-refractivity contribution in [3.63, 3.8) is 0 Å². The highest BCUT2D eigenvalue weighted by Crippen LogP contribution is 2.27. The molecule has 0 aliphatic carbocycles. The molecule has 0 fully saturated rings.